The normalized spacial score (nSPS) is 16.0. The van der Waals surface area contributed by atoms with Gasteiger partial charge < -0.3 is 24.4 Å². The van der Waals surface area contributed by atoms with Crippen LogP contribution in [-0.4, -0.2) is 39.7 Å². The van der Waals surface area contributed by atoms with E-state index in [1.165, 1.54) is 32.3 Å². The number of carbonyl (C=O) groups excluding carboxylic acids is 2. The molecule has 0 radical (unpaired) electrons. The van der Waals surface area contributed by atoms with Crippen LogP contribution in [0.1, 0.15) is 6.42 Å². The fourth-order valence-electron chi connectivity index (χ4n) is 3.17. The molecule has 0 aromatic heterocycles. The molecule has 1 unspecified atom stereocenters. The van der Waals surface area contributed by atoms with E-state index in [1.807, 2.05) is 0 Å². The van der Waals surface area contributed by atoms with Gasteiger partial charge in [0.2, 0.25) is 17.6 Å². The maximum Gasteiger partial charge on any atom is 0.229 e. The van der Waals surface area contributed by atoms with Gasteiger partial charge in [-0.15, -0.1) is 0 Å². The van der Waals surface area contributed by atoms with Crippen LogP contribution >= 0.6 is 0 Å². The lowest BCUT2D eigenvalue weighted by Crippen LogP contribution is -2.28. The zero-order valence-corrected chi connectivity index (χ0v) is 16.1. The van der Waals surface area contributed by atoms with E-state index in [-0.39, 0.29) is 24.6 Å². The molecule has 0 spiro atoms. The molecule has 1 atom stereocenters. The van der Waals surface area contributed by atoms with Crippen LogP contribution in [0.2, 0.25) is 0 Å². The van der Waals surface area contributed by atoms with Crippen LogP contribution in [0.15, 0.2) is 30.3 Å². The predicted octanol–water partition coefficient (Wildman–Crippen LogP) is 2.98. The number of amides is 2. The van der Waals surface area contributed by atoms with Crippen molar-refractivity contribution >= 4 is 23.2 Å². The molecule has 2 aromatic rings. The first-order chi connectivity index (χ1) is 13.9. The summed E-state index contributed by atoms with van der Waals surface area (Å²) in [5.74, 6) is -2.30. The predicted molar refractivity (Wildman–Crippen MR) is 102 cm³/mol. The fraction of sp³-hybridized carbons (Fsp3) is 0.300. The molecular formula is C20H20F2N2O5. The number of nitrogens with zero attached hydrogens (tertiary/aromatic N) is 1. The van der Waals surface area contributed by atoms with Crippen molar-refractivity contribution in [3.8, 4) is 17.2 Å². The summed E-state index contributed by atoms with van der Waals surface area (Å²) in [4.78, 5) is 26.5. The standard InChI is InChI=1S/C20H20F2N2O5/c1-27-16-8-13(9-17(28-2)19(16)29-3)24-10-11(6-18(24)25)20(26)23-12-4-5-14(21)15(22)7-12/h4-5,7-9,11H,6,10H2,1-3H3,(H,23,26). The second kappa shape index (κ2) is 8.34. The quantitative estimate of drug-likeness (QED) is 0.798. The van der Waals surface area contributed by atoms with E-state index in [0.717, 1.165) is 12.1 Å². The van der Waals surface area contributed by atoms with Gasteiger partial charge in [-0.2, -0.15) is 0 Å². The molecule has 0 aliphatic carbocycles. The van der Waals surface area contributed by atoms with Gasteiger partial charge in [-0.1, -0.05) is 0 Å². The summed E-state index contributed by atoms with van der Waals surface area (Å²) in [6.45, 7) is 0.118. The Morgan fingerprint density at radius 3 is 2.24 bits per heavy atom. The third-order valence-corrected chi connectivity index (χ3v) is 4.64. The van der Waals surface area contributed by atoms with Gasteiger partial charge in [0.25, 0.3) is 0 Å². The molecular weight excluding hydrogens is 386 g/mol. The molecule has 0 bridgehead atoms. The number of carbonyl (C=O) groups is 2. The summed E-state index contributed by atoms with van der Waals surface area (Å²) in [7, 11) is 4.40. The summed E-state index contributed by atoms with van der Waals surface area (Å²) in [6.07, 6.45) is -0.0217. The number of methoxy groups -OCH3 is 3. The summed E-state index contributed by atoms with van der Waals surface area (Å²) in [5, 5.41) is 2.51. The van der Waals surface area contributed by atoms with Crippen LogP contribution in [0.25, 0.3) is 0 Å². The van der Waals surface area contributed by atoms with E-state index < -0.39 is 23.5 Å². The summed E-state index contributed by atoms with van der Waals surface area (Å²) in [5.41, 5.74) is 0.611. The number of nitrogens with one attached hydrogen (secondary N) is 1. The van der Waals surface area contributed by atoms with Crippen LogP contribution in [0.5, 0.6) is 17.2 Å². The molecule has 0 saturated carbocycles. The minimum absolute atomic E-state index is 0.0217. The number of hydrogen-bond donors (Lipinski definition) is 1. The second-order valence-corrected chi connectivity index (χ2v) is 6.41. The number of benzene rings is 2. The van der Waals surface area contributed by atoms with Gasteiger partial charge in [-0.25, -0.2) is 8.78 Å². The van der Waals surface area contributed by atoms with Crippen molar-refractivity contribution in [1.29, 1.82) is 0 Å². The Hall–Kier alpha value is -3.36. The van der Waals surface area contributed by atoms with Crippen molar-refractivity contribution in [2.24, 2.45) is 5.92 Å². The SMILES string of the molecule is COc1cc(N2CC(C(=O)Nc3ccc(F)c(F)c3)CC2=O)cc(OC)c1OC. The van der Waals surface area contributed by atoms with Crippen LogP contribution in [0.4, 0.5) is 20.2 Å². The molecule has 29 heavy (non-hydrogen) atoms. The van der Waals surface area contributed by atoms with Crippen LogP contribution in [0.3, 0.4) is 0 Å². The van der Waals surface area contributed by atoms with Gasteiger partial charge in [-0.3, -0.25) is 9.59 Å². The van der Waals surface area contributed by atoms with Crippen molar-refractivity contribution in [1.82, 2.24) is 0 Å². The van der Waals surface area contributed by atoms with Crippen molar-refractivity contribution in [3.05, 3.63) is 42.0 Å². The Morgan fingerprint density at radius 2 is 1.69 bits per heavy atom. The first-order valence-corrected chi connectivity index (χ1v) is 8.74. The molecule has 1 aliphatic heterocycles. The van der Waals surface area contributed by atoms with Gasteiger partial charge >= 0.3 is 0 Å². The lowest BCUT2D eigenvalue weighted by molar-refractivity contribution is -0.122. The molecule has 1 saturated heterocycles. The number of ether oxygens (including phenoxy) is 3. The molecule has 1 N–H and O–H groups in total. The fourth-order valence-corrected chi connectivity index (χ4v) is 3.17. The number of hydrogen-bond acceptors (Lipinski definition) is 5. The average molecular weight is 406 g/mol. The topological polar surface area (TPSA) is 77.1 Å². The molecule has 7 nitrogen and oxygen atoms in total. The highest BCUT2D eigenvalue weighted by molar-refractivity contribution is 6.03. The van der Waals surface area contributed by atoms with Gasteiger partial charge in [0, 0.05) is 36.9 Å². The molecule has 154 valence electrons. The molecule has 1 fully saturated rings. The number of anilines is 2. The lowest BCUT2D eigenvalue weighted by Gasteiger charge is -2.20. The van der Waals surface area contributed by atoms with E-state index in [9.17, 15) is 18.4 Å². The van der Waals surface area contributed by atoms with Crippen molar-refractivity contribution < 1.29 is 32.6 Å². The summed E-state index contributed by atoms with van der Waals surface area (Å²) >= 11 is 0. The minimum Gasteiger partial charge on any atom is -0.493 e. The molecule has 9 heteroatoms. The minimum atomic E-state index is -1.07. The van der Waals surface area contributed by atoms with Crippen LogP contribution in [-0.2, 0) is 9.59 Å². The zero-order chi connectivity index (χ0) is 21.1. The highest BCUT2D eigenvalue weighted by Crippen LogP contribution is 2.42. The van der Waals surface area contributed by atoms with E-state index in [1.54, 1.807) is 12.1 Å². The number of halogens is 2. The van der Waals surface area contributed by atoms with Crippen molar-refractivity contribution in [3.63, 3.8) is 0 Å². The largest absolute Gasteiger partial charge is 0.493 e. The van der Waals surface area contributed by atoms with Gasteiger partial charge in [-0.05, 0) is 12.1 Å². The highest BCUT2D eigenvalue weighted by atomic mass is 19.2. The molecule has 2 aromatic carbocycles. The maximum atomic E-state index is 13.3. The number of rotatable bonds is 6. The smallest absolute Gasteiger partial charge is 0.229 e. The Labute approximate surface area is 166 Å². The van der Waals surface area contributed by atoms with E-state index in [4.69, 9.17) is 14.2 Å². The van der Waals surface area contributed by atoms with Crippen LogP contribution in [0, 0.1) is 17.6 Å². The van der Waals surface area contributed by atoms with E-state index >= 15 is 0 Å². The summed E-state index contributed by atoms with van der Waals surface area (Å²) in [6, 6.07) is 6.31. The van der Waals surface area contributed by atoms with Gasteiger partial charge in [0.1, 0.15) is 0 Å². The highest BCUT2D eigenvalue weighted by Gasteiger charge is 2.36. The molecule has 1 heterocycles. The second-order valence-electron chi connectivity index (χ2n) is 6.41. The average Bonchev–Trinajstić information content (AvgIpc) is 3.11. The van der Waals surface area contributed by atoms with Crippen molar-refractivity contribution in [2.75, 3.05) is 38.1 Å². The zero-order valence-electron chi connectivity index (χ0n) is 16.1. The Balaban J connectivity index is 1.79. The van der Waals surface area contributed by atoms with Crippen molar-refractivity contribution in [2.45, 2.75) is 6.42 Å². The Morgan fingerprint density at radius 1 is 1.03 bits per heavy atom. The molecule has 2 amide bonds. The maximum absolute atomic E-state index is 13.3. The lowest BCUT2D eigenvalue weighted by atomic mass is 10.1. The third-order valence-electron chi connectivity index (χ3n) is 4.64. The van der Waals surface area contributed by atoms with Gasteiger partial charge in [0.15, 0.2) is 23.1 Å². The van der Waals surface area contributed by atoms with E-state index in [0.29, 0.717) is 22.9 Å². The third kappa shape index (κ3) is 4.08. The monoisotopic (exact) mass is 406 g/mol. The van der Waals surface area contributed by atoms with E-state index in [2.05, 4.69) is 5.32 Å². The Kier molecular flexibility index (Phi) is 5.86. The van der Waals surface area contributed by atoms with Crippen LogP contribution < -0.4 is 24.4 Å². The first kappa shape index (κ1) is 20.4. The first-order valence-electron chi connectivity index (χ1n) is 8.74. The Bertz CT molecular complexity index is 925. The molecule has 1 aliphatic rings. The summed E-state index contributed by atoms with van der Waals surface area (Å²) < 4.78 is 42.2. The van der Waals surface area contributed by atoms with Gasteiger partial charge in [0.05, 0.1) is 32.9 Å². The molecule has 3 rings (SSSR count).